The summed E-state index contributed by atoms with van der Waals surface area (Å²) in [6.07, 6.45) is 5.13. The van der Waals surface area contributed by atoms with Gasteiger partial charge in [-0.1, -0.05) is 60.6 Å². The molecule has 0 aromatic heterocycles. The number of benzene rings is 2. The van der Waals surface area contributed by atoms with E-state index >= 15 is 0 Å². The average Bonchev–Trinajstić information content (AvgIpc) is 3.30. The first-order valence-corrected chi connectivity index (χ1v) is 13.4. The van der Waals surface area contributed by atoms with Crippen LogP contribution in [0.25, 0.3) is 0 Å². The van der Waals surface area contributed by atoms with Gasteiger partial charge in [-0.3, -0.25) is 9.59 Å². The summed E-state index contributed by atoms with van der Waals surface area (Å²) in [5.74, 6) is 0.470. The highest BCUT2D eigenvalue weighted by Crippen LogP contribution is 2.26. The van der Waals surface area contributed by atoms with E-state index in [1.807, 2.05) is 37.3 Å². The number of rotatable bonds is 10. The Labute approximate surface area is 215 Å². The van der Waals surface area contributed by atoms with Crippen LogP contribution >= 0.6 is 46.6 Å². The Bertz CT molecular complexity index is 949. The summed E-state index contributed by atoms with van der Waals surface area (Å²) in [7, 11) is 0. The number of nitrogens with one attached hydrogen (secondary N) is 1. The molecule has 1 saturated carbocycles. The lowest BCUT2D eigenvalue weighted by Gasteiger charge is -2.31. The summed E-state index contributed by atoms with van der Waals surface area (Å²) >= 11 is 19.8. The van der Waals surface area contributed by atoms with Crippen molar-refractivity contribution in [2.75, 3.05) is 5.75 Å². The van der Waals surface area contributed by atoms with E-state index in [9.17, 15) is 9.59 Å². The van der Waals surface area contributed by atoms with Crippen molar-refractivity contribution in [3.8, 4) is 0 Å². The molecule has 2 aromatic carbocycles. The molecule has 1 aliphatic rings. The number of amides is 2. The molecule has 0 aliphatic heterocycles. The van der Waals surface area contributed by atoms with Gasteiger partial charge in [0.15, 0.2) is 0 Å². The second-order valence-electron chi connectivity index (χ2n) is 8.24. The Morgan fingerprint density at radius 2 is 1.76 bits per heavy atom. The van der Waals surface area contributed by atoms with E-state index in [-0.39, 0.29) is 17.9 Å². The quantitative estimate of drug-likeness (QED) is 0.339. The largest absolute Gasteiger partial charge is 0.352 e. The van der Waals surface area contributed by atoms with Crippen LogP contribution in [0.5, 0.6) is 0 Å². The Kier molecular flexibility index (Phi) is 10.2. The van der Waals surface area contributed by atoms with E-state index in [4.69, 9.17) is 34.8 Å². The molecule has 178 valence electrons. The van der Waals surface area contributed by atoms with E-state index in [1.165, 1.54) is 0 Å². The van der Waals surface area contributed by atoms with Gasteiger partial charge in [-0.25, -0.2) is 0 Å². The minimum absolute atomic E-state index is 0.0593. The van der Waals surface area contributed by atoms with Gasteiger partial charge >= 0.3 is 0 Å². The molecule has 1 atom stereocenters. The molecule has 1 N–H and O–H groups in total. The van der Waals surface area contributed by atoms with Crippen LogP contribution in [0.2, 0.25) is 15.1 Å². The maximum absolute atomic E-state index is 13.3. The standard InChI is InChI=1S/C25H29Cl3N2O2S/c1-2-23(25(32)29-19-5-3-4-6-19)30(16-17-7-12-21(27)22(28)15-17)24(31)13-14-33-20-10-8-18(26)9-11-20/h7-12,15,19,23H,2-6,13-14,16H2,1H3,(H,29,32)/t23-/m1/s1. The smallest absolute Gasteiger partial charge is 0.243 e. The fourth-order valence-corrected chi connectivity index (χ4v) is 5.34. The fraction of sp³-hybridized carbons (Fsp3) is 0.440. The topological polar surface area (TPSA) is 49.4 Å². The maximum Gasteiger partial charge on any atom is 0.243 e. The zero-order valence-corrected chi connectivity index (χ0v) is 21.7. The molecular weight excluding hydrogens is 499 g/mol. The lowest BCUT2D eigenvalue weighted by atomic mass is 10.1. The van der Waals surface area contributed by atoms with Gasteiger partial charge in [-0.2, -0.15) is 0 Å². The van der Waals surface area contributed by atoms with Crippen molar-refractivity contribution >= 4 is 58.4 Å². The number of carbonyl (C=O) groups excluding carboxylic acids is 2. The van der Waals surface area contributed by atoms with Gasteiger partial charge in [0.2, 0.25) is 11.8 Å². The van der Waals surface area contributed by atoms with Gasteiger partial charge in [-0.15, -0.1) is 11.8 Å². The van der Waals surface area contributed by atoms with Gasteiger partial charge in [-0.05, 0) is 61.2 Å². The molecule has 0 radical (unpaired) electrons. The second-order valence-corrected chi connectivity index (χ2v) is 10.7. The molecule has 0 bridgehead atoms. The second kappa shape index (κ2) is 12.9. The molecule has 0 heterocycles. The average molecular weight is 528 g/mol. The molecule has 0 saturated heterocycles. The van der Waals surface area contributed by atoms with Crippen LogP contribution < -0.4 is 5.32 Å². The molecule has 1 fully saturated rings. The molecule has 1 aliphatic carbocycles. The van der Waals surface area contributed by atoms with Crippen LogP contribution in [0.4, 0.5) is 0 Å². The summed E-state index contributed by atoms with van der Waals surface area (Å²) in [5, 5.41) is 4.74. The van der Waals surface area contributed by atoms with Crippen LogP contribution in [-0.2, 0) is 16.1 Å². The van der Waals surface area contributed by atoms with Gasteiger partial charge in [0.1, 0.15) is 6.04 Å². The molecule has 2 aromatic rings. The van der Waals surface area contributed by atoms with Crippen molar-refractivity contribution in [1.82, 2.24) is 10.2 Å². The number of carbonyl (C=O) groups is 2. The zero-order chi connectivity index (χ0) is 23.8. The lowest BCUT2D eigenvalue weighted by Crippen LogP contribution is -2.51. The van der Waals surface area contributed by atoms with Crippen LogP contribution in [0.3, 0.4) is 0 Å². The summed E-state index contributed by atoms with van der Waals surface area (Å²) in [6, 6.07) is 12.5. The van der Waals surface area contributed by atoms with E-state index in [0.29, 0.717) is 40.2 Å². The third kappa shape index (κ3) is 7.81. The van der Waals surface area contributed by atoms with Crippen molar-refractivity contribution in [2.45, 2.75) is 69.0 Å². The van der Waals surface area contributed by atoms with Crippen molar-refractivity contribution in [3.05, 3.63) is 63.1 Å². The normalized spacial score (nSPS) is 14.8. The third-order valence-electron chi connectivity index (χ3n) is 5.82. The van der Waals surface area contributed by atoms with E-state index in [1.54, 1.807) is 28.8 Å². The fourth-order valence-electron chi connectivity index (χ4n) is 4.05. The van der Waals surface area contributed by atoms with E-state index < -0.39 is 6.04 Å². The summed E-state index contributed by atoms with van der Waals surface area (Å²) in [5.41, 5.74) is 0.843. The highest BCUT2D eigenvalue weighted by molar-refractivity contribution is 7.99. The monoisotopic (exact) mass is 526 g/mol. The Morgan fingerprint density at radius 3 is 2.39 bits per heavy atom. The molecule has 8 heteroatoms. The molecule has 3 rings (SSSR count). The first-order valence-electron chi connectivity index (χ1n) is 11.3. The molecule has 4 nitrogen and oxygen atoms in total. The molecular formula is C25H29Cl3N2O2S. The van der Waals surface area contributed by atoms with Crippen LogP contribution in [0, 0.1) is 0 Å². The van der Waals surface area contributed by atoms with Crippen molar-refractivity contribution < 1.29 is 9.59 Å². The van der Waals surface area contributed by atoms with E-state index in [0.717, 1.165) is 36.1 Å². The summed E-state index contributed by atoms with van der Waals surface area (Å²) in [6.45, 7) is 2.24. The predicted octanol–water partition coefficient (Wildman–Crippen LogP) is 7.00. The number of hydrogen-bond donors (Lipinski definition) is 1. The number of thioether (sulfide) groups is 1. The van der Waals surface area contributed by atoms with Gasteiger partial charge in [0.05, 0.1) is 10.0 Å². The summed E-state index contributed by atoms with van der Waals surface area (Å²) in [4.78, 5) is 29.2. The van der Waals surface area contributed by atoms with Crippen molar-refractivity contribution in [3.63, 3.8) is 0 Å². The zero-order valence-electron chi connectivity index (χ0n) is 18.7. The Balaban J connectivity index is 1.71. The van der Waals surface area contributed by atoms with Crippen LogP contribution in [0.15, 0.2) is 47.4 Å². The SMILES string of the molecule is CC[C@H](C(=O)NC1CCCC1)N(Cc1ccc(Cl)c(Cl)c1)C(=O)CCSc1ccc(Cl)cc1. The molecule has 33 heavy (non-hydrogen) atoms. The van der Waals surface area contributed by atoms with Gasteiger partial charge in [0, 0.05) is 34.7 Å². The number of hydrogen-bond acceptors (Lipinski definition) is 3. The van der Waals surface area contributed by atoms with Crippen molar-refractivity contribution in [1.29, 1.82) is 0 Å². The first-order chi connectivity index (χ1) is 15.9. The van der Waals surface area contributed by atoms with E-state index in [2.05, 4.69) is 5.32 Å². The van der Waals surface area contributed by atoms with Crippen LogP contribution in [-0.4, -0.2) is 34.6 Å². The highest BCUT2D eigenvalue weighted by Gasteiger charge is 2.30. The summed E-state index contributed by atoms with van der Waals surface area (Å²) < 4.78 is 0. The lowest BCUT2D eigenvalue weighted by molar-refractivity contribution is -0.141. The van der Waals surface area contributed by atoms with Gasteiger partial charge in [0.25, 0.3) is 0 Å². The number of halogens is 3. The van der Waals surface area contributed by atoms with Crippen molar-refractivity contribution in [2.24, 2.45) is 0 Å². The van der Waals surface area contributed by atoms with Gasteiger partial charge < -0.3 is 10.2 Å². The predicted molar refractivity (Wildman–Crippen MR) is 138 cm³/mol. The molecule has 0 unspecified atom stereocenters. The minimum atomic E-state index is -0.534. The number of nitrogens with zero attached hydrogens (tertiary/aromatic N) is 1. The van der Waals surface area contributed by atoms with Crippen LogP contribution in [0.1, 0.15) is 51.0 Å². The Hall–Kier alpha value is -1.40. The minimum Gasteiger partial charge on any atom is -0.352 e. The molecule has 2 amide bonds. The Morgan fingerprint density at radius 1 is 1.06 bits per heavy atom. The first kappa shape index (κ1) is 26.2. The maximum atomic E-state index is 13.3. The third-order valence-corrected chi connectivity index (χ3v) is 7.83. The highest BCUT2D eigenvalue weighted by atomic mass is 35.5. The molecule has 0 spiro atoms.